The van der Waals surface area contributed by atoms with Crippen LogP contribution in [0.1, 0.15) is 4.88 Å². The minimum absolute atomic E-state index is 0.0293. The molecule has 1 aromatic carbocycles. The van der Waals surface area contributed by atoms with Crippen LogP contribution in [0.4, 0.5) is 0 Å². The van der Waals surface area contributed by atoms with E-state index < -0.39 is 0 Å². The summed E-state index contributed by atoms with van der Waals surface area (Å²) < 4.78 is 15.9. The number of nitrogens with zero attached hydrogens (tertiary/aromatic N) is 1. The van der Waals surface area contributed by atoms with Crippen LogP contribution in [0.5, 0.6) is 17.2 Å². The second kappa shape index (κ2) is 5.90. The highest BCUT2D eigenvalue weighted by Crippen LogP contribution is 2.43. The molecule has 0 bridgehead atoms. The zero-order chi connectivity index (χ0) is 13.8. The summed E-state index contributed by atoms with van der Waals surface area (Å²) in [5.41, 5.74) is 0.760. The number of hydrogen-bond acceptors (Lipinski definition) is 6. The van der Waals surface area contributed by atoms with Crippen LogP contribution in [0, 0.1) is 0 Å². The topological polar surface area (TPSA) is 60.8 Å². The van der Waals surface area contributed by atoms with Gasteiger partial charge in [-0.25, -0.2) is 4.98 Å². The molecule has 0 fully saturated rings. The number of ether oxygens (including phenoxy) is 3. The molecule has 0 radical (unpaired) electrons. The van der Waals surface area contributed by atoms with E-state index in [0.29, 0.717) is 17.2 Å². The van der Waals surface area contributed by atoms with Crippen molar-refractivity contribution in [3.8, 4) is 27.8 Å². The first kappa shape index (κ1) is 13.6. The second-order valence-corrected chi connectivity index (χ2v) is 4.81. The maximum atomic E-state index is 9.12. The summed E-state index contributed by atoms with van der Waals surface area (Å²) in [6.07, 6.45) is 1.64. The van der Waals surface area contributed by atoms with Gasteiger partial charge in [-0.1, -0.05) is 0 Å². The fraction of sp³-hybridized carbons (Fsp3) is 0.308. The van der Waals surface area contributed by atoms with E-state index in [9.17, 15) is 0 Å². The van der Waals surface area contributed by atoms with Gasteiger partial charge in [0, 0.05) is 18.3 Å². The van der Waals surface area contributed by atoms with E-state index >= 15 is 0 Å². The molecule has 0 aliphatic carbocycles. The van der Waals surface area contributed by atoms with E-state index in [1.54, 1.807) is 39.7 Å². The SMILES string of the molecule is COc1cc(OC)c(-c2ncc(CO)s2)c(OC)c1. The zero-order valence-electron chi connectivity index (χ0n) is 11.0. The molecule has 2 aromatic rings. The standard InChI is InChI=1S/C13H15NO4S/c1-16-8-4-10(17-2)12(11(5-8)18-3)13-14-6-9(7-15)19-13/h4-6,15H,7H2,1-3H3. The summed E-state index contributed by atoms with van der Waals surface area (Å²) >= 11 is 1.40. The lowest BCUT2D eigenvalue weighted by molar-refractivity contribution is 0.285. The number of rotatable bonds is 5. The molecule has 0 unspecified atom stereocenters. The molecule has 6 heteroatoms. The van der Waals surface area contributed by atoms with E-state index in [1.165, 1.54) is 11.3 Å². The Morgan fingerprint density at radius 1 is 1.11 bits per heavy atom. The fourth-order valence-corrected chi connectivity index (χ4v) is 2.54. The minimum atomic E-state index is -0.0293. The third kappa shape index (κ3) is 2.64. The Hall–Kier alpha value is -1.79. The minimum Gasteiger partial charge on any atom is -0.496 e. The number of aromatic nitrogens is 1. The van der Waals surface area contributed by atoms with Gasteiger partial charge >= 0.3 is 0 Å². The Kier molecular flexibility index (Phi) is 4.24. The number of aliphatic hydroxyl groups excluding tert-OH is 1. The molecular formula is C13H15NO4S. The van der Waals surface area contributed by atoms with Gasteiger partial charge < -0.3 is 19.3 Å². The summed E-state index contributed by atoms with van der Waals surface area (Å²) in [5, 5.41) is 9.86. The third-order valence-electron chi connectivity index (χ3n) is 2.64. The van der Waals surface area contributed by atoms with Gasteiger partial charge in [0.15, 0.2) is 0 Å². The molecule has 1 aromatic heterocycles. The summed E-state index contributed by atoms with van der Waals surface area (Å²) in [4.78, 5) is 5.07. The first-order chi connectivity index (χ1) is 9.23. The second-order valence-electron chi connectivity index (χ2n) is 3.70. The molecule has 102 valence electrons. The Bertz CT molecular complexity index is 543. The fourth-order valence-electron chi connectivity index (χ4n) is 1.71. The molecule has 0 saturated carbocycles. The smallest absolute Gasteiger partial charge is 0.136 e. The molecule has 1 N–H and O–H groups in total. The summed E-state index contributed by atoms with van der Waals surface area (Å²) in [6, 6.07) is 3.55. The van der Waals surface area contributed by atoms with E-state index in [4.69, 9.17) is 19.3 Å². The highest BCUT2D eigenvalue weighted by atomic mass is 32.1. The van der Waals surface area contributed by atoms with Crippen LogP contribution in [0.15, 0.2) is 18.3 Å². The van der Waals surface area contributed by atoms with E-state index in [1.807, 2.05) is 0 Å². The number of methoxy groups -OCH3 is 3. The van der Waals surface area contributed by atoms with Crippen LogP contribution >= 0.6 is 11.3 Å². The Morgan fingerprint density at radius 2 is 1.74 bits per heavy atom. The number of hydrogen-bond donors (Lipinski definition) is 1. The van der Waals surface area contributed by atoms with Gasteiger partial charge in [-0.3, -0.25) is 0 Å². The first-order valence-electron chi connectivity index (χ1n) is 5.59. The molecular weight excluding hydrogens is 266 g/mol. The lowest BCUT2D eigenvalue weighted by Crippen LogP contribution is -1.94. The van der Waals surface area contributed by atoms with Gasteiger partial charge in [0.05, 0.1) is 38.4 Å². The highest BCUT2D eigenvalue weighted by Gasteiger charge is 2.18. The van der Waals surface area contributed by atoms with Crippen molar-refractivity contribution < 1.29 is 19.3 Å². The molecule has 2 rings (SSSR count). The number of thiazole rings is 1. The third-order valence-corrected chi connectivity index (χ3v) is 3.64. The lowest BCUT2D eigenvalue weighted by atomic mass is 10.1. The van der Waals surface area contributed by atoms with Gasteiger partial charge in [-0.15, -0.1) is 11.3 Å². The molecule has 0 amide bonds. The average Bonchev–Trinajstić information content (AvgIpc) is 2.94. The van der Waals surface area contributed by atoms with Crippen molar-refractivity contribution >= 4 is 11.3 Å². The van der Waals surface area contributed by atoms with Crippen LogP contribution in [0.2, 0.25) is 0 Å². The van der Waals surface area contributed by atoms with Crippen molar-refractivity contribution in [2.75, 3.05) is 21.3 Å². The summed E-state index contributed by atoms with van der Waals surface area (Å²) in [6.45, 7) is -0.0293. The normalized spacial score (nSPS) is 10.3. The zero-order valence-corrected chi connectivity index (χ0v) is 11.8. The predicted molar refractivity (Wildman–Crippen MR) is 73.1 cm³/mol. The predicted octanol–water partition coefficient (Wildman–Crippen LogP) is 2.33. The largest absolute Gasteiger partial charge is 0.496 e. The molecule has 0 atom stereocenters. The van der Waals surface area contributed by atoms with Crippen LogP contribution in [-0.2, 0) is 6.61 Å². The highest BCUT2D eigenvalue weighted by molar-refractivity contribution is 7.15. The Labute approximate surface area is 115 Å². The molecule has 0 spiro atoms. The molecule has 0 saturated heterocycles. The maximum absolute atomic E-state index is 9.12. The van der Waals surface area contributed by atoms with Gasteiger partial charge in [-0.05, 0) is 0 Å². The van der Waals surface area contributed by atoms with Crippen molar-refractivity contribution in [3.63, 3.8) is 0 Å². The Morgan fingerprint density at radius 3 is 2.16 bits per heavy atom. The van der Waals surface area contributed by atoms with E-state index in [2.05, 4.69) is 4.98 Å². The van der Waals surface area contributed by atoms with Crippen LogP contribution in [-0.4, -0.2) is 31.4 Å². The van der Waals surface area contributed by atoms with Crippen molar-refractivity contribution in [1.82, 2.24) is 4.98 Å². The molecule has 19 heavy (non-hydrogen) atoms. The number of aliphatic hydroxyl groups is 1. The van der Waals surface area contributed by atoms with Crippen molar-refractivity contribution in [1.29, 1.82) is 0 Å². The summed E-state index contributed by atoms with van der Waals surface area (Å²) in [5.74, 6) is 1.89. The van der Waals surface area contributed by atoms with Crippen molar-refractivity contribution in [2.24, 2.45) is 0 Å². The summed E-state index contributed by atoms with van der Waals surface area (Å²) in [7, 11) is 4.75. The molecule has 5 nitrogen and oxygen atoms in total. The van der Waals surface area contributed by atoms with E-state index in [0.717, 1.165) is 15.4 Å². The van der Waals surface area contributed by atoms with Crippen LogP contribution in [0.3, 0.4) is 0 Å². The van der Waals surface area contributed by atoms with Gasteiger partial charge in [-0.2, -0.15) is 0 Å². The Balaban J connectivity index is 2.59. The van der Waals surface area contributed by atoms with Gasteiger partial charge in [0.25, 0.3) is 0 Å². The first-order valence-corrected chi connectivity index (χ1v) is 6.41. The quantitative estimate of drug-likeness (QED) is 0.911. The van der Waals surface area contributed by atoms with Crippen molar-refractivity contribution in [2.45, 2.75) is 6.61 Å². The maximum Gasteiger partial charge on any atom is 0.136 e. The van der Waals surface area contributed by atoms with Crippen molar-refractivity contribution in [3.05, 3.63) is 23.2 Å². The average molecular weight is 281 g/mol. The molecule has 0 aliphatic rings. The van der Waals surface area contributed by atoms with Crippen LogP contribution < -0.4 is 14.2 Å². The van der Waals surface area contributed by atoms with Crippen LogP contribution in [0.25, 0.3) is 10.6 Å². The lowest BCUT2D eigenvalue weighted by Gasteiger charge is -2.13. The van der Waals surface area contributed by atoms with Gasteiger partial charge in [0.1, 0.15) is 22.3 Å². The number of benzene rings is 1. The van der Waals surface area contributed by atoms with E-state index in [-0.39, 0.29) is 6.61 Å². The molecule has 0 aliphatic heterocycles. The van der Waals surface area contributed by atoms with Gasteiger partial charge in [0.2, 0.25) is 0 Å². The monoisotopic (exact) mass is 281 g/mol. The molecule has 1 heterocycles.